The topological polar surface area (TPSA) is 139 Å². The van der Waals surface area contributed by atoms with Gasteiger partial charge in [-0.1, -0.05) is 0 Å². The molecular formula is C23H24N2O8. The van der Waals surface area contributed by atoms with Crippen LogP contribution in [0.1, 0.15) is 24.1 Å². The van der Waals surface area contributed by atoms with E-state index in [1.807, 2.05) is 6.92 Å². The SMILES string of the molecule is CCOc1ccc(C(O)=C2C(=O)C(=O)N(CCOCCO)[C@@H]2c2ccc([N+](=O)[O-])cc2)cc1. The first-order chi connectivity index (χ1) is 15.9. The number of amides is 1. The van der Waals surface area contributed by atoms with Crippen LogP contribution in [-0.2, 0) is 14.3 Å². The lowest BCUT2D eigenvalue weighted by Crippen LogP contribution is -2.33. The molecule has 0 unspecified atom stereocenters. The Hall–Kier alpha value is -3.76. The Morgan fingerprint density at radius 3 is 2.33 bits per heavy atom. The van der Waals surface area contributed by atoms with Gasteiger partial charge in [0.1, 0.15) is 11.5 Å². The van der Waals surface area contributed by atoms with Crippen LogP contribution >= 0.6 is 0 Å². The predicted octanol–water partition coefficient (Wildman–Crippen LogP) is 2.42. The number of likely N-dealkylation sites (tertiary alicyclic amines) is 1. The normalized spacial score (nSPS) is 17.4. The summed E-state index contributed by atoms with van der Waals surface area (Å²) in [5, 5.41) is 30.9. The van der Waals surface area contributed by atoms with E-state index in [1.54, 1.807) is 24.3 Å². The molecule has 0 radical (unpaired) electrons. The van der Waals surface area contributed by atoms with Gasteiger partial charge in [0.25, 0.3) is 17.4 Å². The van der Waals surface area contributed by atoms with Crippen molar-refractivity contribution in [3.8, 4) is 5.75 Å². The Morgan fingerprint density at radius 2 is 1.76 bits per heavy atom. The first kappa shape index (κ1) is 23.9. The minimum absolute atomic E-state index is 0.0201. The number of ketones is 1. The molecule has 0 spiro atoms. The number of nitrogens with zero attached hydrogens (tertiary/aromatic N) is 2. The van der Waals surface area contributed by atoms with Crippen molar-refractivity contribution in [3.05, 3.63) is 75.3 Å². The number of rotatable bonds is 10. The molecule has 1 atom stereocenters. The van der Waals surface area contributed by atoms with Crippen molar-refractivity contribution in [2.75, 3.05) is 33.0 Å². The molecule has 3 rings (SSSR count). The number of Topliss-reactive ketones (excluding diaryl/α,β-unsaturated/α-hetero) is 1. The summed E-state index contributed by atoms with van der Waals surface area (Å²) < 4.78 is 10.6. The molecule has 10 nitrogen and oxygen atoms in total. The summed E-state index contributed by atoms with van der Waals surface area (Å²) in [6.45, 7) is 2.26. The highest BCUT2D eigenvalue weighted by molar-refractivity contribution is 6.46. The molecule has 1 amide bonds. The number of aliphatic hydroxyl groups is 2. The van der Waals surface area contributed by atoms with E-state index in [4.69, 9.17) is 14.6 Å². The van der Waals surface area contributed by atoms with Gasteiger partial charge in [-0.15, -0.1) is 0 Å². The van der Waals surface area contributed by atoms with Crippen molar-refractivity contribution in [1.82, 2.24) is 4.90 Å². The van der Waals surface area contributed by atoms with Gasteiger partial charge in [0.05, 0.1) is 43.0 Å². The van der Waals surface area contributed by atoms with E-state index in [1.165, 1.54) is 29.2 Å². The van der Waals surface area contributed by atoms with Crippen molar-refractivity contribution in [2.24, 2.45) is 0 Å². The van der Waals surface area contributed by atoms with Gasteiger partial charge >= 0.3 is 0 Å². The first-order valence-corrected chi connectivity index (χ1v) is 10.3. The minimum Gasteiger partial charge on any atom is -0.507 e. The third kappa shape index (κ3) is 5.18. The van der Waals surface area contributed by atoms with Crippen LogP contribution in [0.5, 0.6) is 5.75 Å². The number of aliphatic hydroxyl groups excluding tert-OH is 2. The number of hydrogen-bond donors (Lipinski definition) is 2. The number of nitro groups is 1. The molecule has 2 aromatic rings. The molecule has 1 saturated heterocycles. The van der Waals surface area contributed by atoms with Crippen LogP contribution in [-0.4, -0.2) is 64.7 Å². The van der Waals surface area contributed by atoms with Gasteiger partial charge in [-0.3, -0.25) is 19.7 Å². The molecule has 0 aromatic heterocycles. The van der Waals surface area contributed by atoms with Crippen LogP contribution < -0.4 is 4.74 Å². The van der Waals surface area contributed by atoms with E-state index in [0.717, 1.165) is 0 Å². The highest BCUT2D eigenvalue weighted by atomic mass is 16.6. The average molecular weight is 456 g/mol. The molecule has 1 aliphatic heterocycles. The quantitative estimate of drug-likeness (QED) is 0.139. The van der Waals surface area contributed by atoms with E-state index < -0.39 is 22.7 Å². The number of nitro benzene ring substituents is 1. The first-order valence-electron chi connectivity index (χ1n) is 10.3. The summed E-state index contributed by atoms with van der Waals surface area (Å²) in [5.41, 5.74) is 0.475. The smallest absolute Gasteiger partial charge is 0.295 e. The molecule has 2 aromatic carbocycles. The van der Waals surface area contributed by atoms with Crippen molar-refractivity contribution in [1.29, 1.82) is 0 Å². The Balaban J connectivity index is 2.04. The maximum Gasteiger partial charge on any atom is 0.295 e. The number of benzene rings is 2. The fourth-order valence-electron chi connectivity index (χ4n) is 3.60. The predicted molar refractivity (Wildman–Crippen MR) is 118 cm³/mol. The number of carbonyl (C=O) groups is 2. The zero-order valence-corrected chi connectivity index (χ0v) is 18.0. The summed E-state index contributed by atoms with van der Waals surface area (Å²) in [6.07, 6.45) is 0. The van der Waals surface area contributed by atoms with Crippen molar-refractivity contribution < 1.29 is 34.2 Å². The van der Waals surface area contributed by atoms with Crippen molar-refractivity contribution >= 4 is 23.1 Å². The fourth-order valence-corrected chi connectivity index (χ4v) is 3.60. The minimum atomic E-state index is -0.963. The standard InChI is InChI=1S/C23H24N2O8/c1-2-33-18-9-5-16(6-10-18)21(27)19-20(15-3-7-17(8-4-15)25(30)31)24(23(29)22(19)28)11-13-32-14-12-26/h3-10,20,26-27H,2,11-14H2,1H3/t20-/m1/s1. The summed E-state index contributed by atoms with van der Waals surface area (Å²) >= 11 is 0. The fraction of sp³-hybridized carbons (Fsp3) is 0.304. The van der Waals surface area contributed by atoms with Gasteiger partial charge in [-0.05, 0) is 48.9 Å². The van der Waals surface area contributed by atoms with Crippen LogP contribution in [0.2, 0.25) is 0 Å². The zero-order chi connectivity index (χ0) is 24.0. The average Bonchev–Trinajstić information content (AvgIpc) is 3.07. The second kappa shape index (κ2) is 10.7. The molecule has 0 aliphatic carbocycles. The Labute approximate surface area is 189 Å². The number of non-ortho nitro benzene ring substituents is 1. The largest absolute Gasteiger partial charge is 0.507 e. The molecule has 2 N–H and O–H groups in total. The maximum absolute atomic E-state index is 12.9. The summed E-state index contributed by atoms with van der Waals surface area (Å²) in [6, 6.07) is 10.9. The van der Waals surface area contributed by atoms with Gasteiger partial charge < -0.3 is 24.6 Å². The zero-order valence-electron chi connectivity index (χ0n) is 18.0. The van der Waals surface area contributed by atoms with Gasteiger partial charge in [-0.25, -0.2) is 0 Å². The number of carbonyl (C=O) groups excluding carboxylic acids is 2. The number of ether oxygens (including phenoxy) is 2. The van der Waals surface area contributed by atoms with Gasteiger partial charge in [0.2, 0.25) is 0 Å². The molecule has 0 bridgehead atoms. The van der Waals surface area contributed by atoms with Crippen LogP contribution in [0.15, 0.2) is 54.1 Å². The third-order valence-electron chi connectivity index (χ3n) is 5.11. The highest BCUT2D eigenvalue weighted by Crippen LogP contribution is 2.39. The van der Waals surface area contributed by atoms with E-state index in [0.29, 0.717) is 23.5 Å². The van der Waals surface area contributed by atoms with Crippen LogP contribution in [0.25, 0.3) is 5.76 Å². The van der Waals surface area contributed by atoms with Crippen LogP contribution in [0.4, 0.5) is 5.69 Å². The molecule has 33 heavy (non-hydrogen) atoms. The molecule has 0 saturated carbocycles. The Morgan fingerprint density at radius 1 is 1.09 bits per heavy atom. The maximum atomic E-state index is 12.9. The van der Waals surface area contributed by atoms with Crippen LogP contribution in [0, 0.1) is 10.1 Å². The monoisotopic (exact) mass is 456 g/mol. The lowest BCUT2D eigenvalue weighted by atomic mass is 9.95. The molecule has 174 valence electrons. The second-order valence-corrected chi connectivity index (χ2v) is 7.13. The van der Waals surface area contributed by atoms with E-state index in [9.17, 15) is 24.8 Å². The second-order valence-electron chi connectivity index (χ2n) is 7.13. The van der Waals surface area contributed by atoms with Gasteiger partial charge in [-0.2, -0.15) is 0 Å². The van der Waals surface area contributed by atoms with E-state index in [2.05, 4.69) is 0 Å². The molecule has 1 heterocycles. The summed E-state index contributed by atoms with van der Waals surface area (Å²) in [7, 11) is 0. The van der Waals surface area contributed by atoms with Crippen molar-refractivity contribution in [3.63, 3.8) is 0 Å². The van der Waals surface area contributed by atoms with Gasteiger partial charge in [0.15, 0.2) is 0 Å². The Kier molecular flexibility index (Phi) is 7.75. The number of hydrogen-bond acceptors (Lipinski definition) is 8. The molecule has 1 aliphatic rings. The van der Waals surface area contributed by atoms with Crippen LogP contribution in [0.3, 0.4) is 0 Å². The lowest BCUT2D eigenvalue weighted by molar-refractivity contribution is -0.384. The van der Waals surface area contributed by atoms with E-state index >= 15 is 0 Å². The molecular weight excluding hydrogens is 432 g/mol. The summed E-state index contributed by atoms with van der Waals surface area (Å²) in [4.78, 5) is 37.5. The van der Waals surface area contributed by atoms with Crippen molar-refractivity contribution in [2.45, 2.75) is 13.0 Å². The Bertz CT molecular complexity index is 1050. The molecule has 10 heteroatoms. The highest BCUT2D eigenvalue weighted by Gasteiger charge is 2.46. The van der Waals surface area contributed by atoms with E-state index in [-0.39, 0.29) is 43.4 Å². The third-order valence-corrected chi connectivity index (χ3v) is 5.11. The lowest BCUT2D eigenvalue weighted by Gasteiger charge is -2.25. The van der Waals surface area contributed by atoms with Gasteiger partial charge in [0, 0.05) is 24.2 Å². The summed E-state index contributed by atoms with van der Waals surface area (Å²) in [5.74, 6) is -1.47. The molecule has 1 fully saturated rings.